The van der Waals surface area contributed by atoms with Gasteiger partial charge in [0, 0.05) is 14.1 Å². The smallest absolute Gasteiger partial charge is 0.323 e. The number of benzene rings is 1. The summed E-state index contributed by atoms with van der Waals surface area (Å²) >= 11 is 5.71. The Bertz CT molecular complexity index is 1430. The van der Waals surface area contributed by atoms with E-state index < -0.39 is 42.8 Å². The molecule has 0 unspecified atom stereocenters. The van der Waals surface area contributed by atoms with Crippen LogP contribution in [0.4, 0.5) is 16.2 Å². The van der Waals surface area contributed by atoms with E-state index in [2.05, 4.69) is 20.0 Å². The van der Waals surface area contributed by atoms with Crippen molar-refractivity contribution in [2.45, 2.75) is 63.9 Å². The number of esters is 1. The zero-order valence-electron chi connectivity index (χ0n) is 23.6. The fourth-order valence-corrected chi connectivity index (χ4v) is 6.68. The molecule has 1 aromatic carbocycles. The fraction of sp³-hybridized carbons (Fsp3) is 0.520. The average molecular weight is 612 g/mol. The number of ether oxygens (including phenoxy) is 2. The highest BCUT2D eigenvalue weighted by molar-refractivity contribution is 8.09. The summed E-state index contributed by atoms with van der Waals surface area (Å²) in [6.07, 6.45) is -3.10. The summed E-state index contributed by atoms with van der Waals surface area (Å²) in [5, 5.41) is 13.9. The Hall–Kier alpha value is -2.94. The van der Waals surface area contributed by atoms with Crippen molar-refractivity contribution in [2.24, 2.45) is 0 Å². The van der Waals surface area contributed by atoms with Gasteiger partial charge in [0.25, 0.3) is 0 Å². The van der Waals surface area contributed by atoms with E-state index in [1.54, 1.807) is 70.1 Å². The van der Waals surface area contributed by atoms with Gasteiger partial charge in [0.15, 0.2) is 28.9 Å². The van der Waals surface area contributed by atoms with Gasteiger partial charge in [-0.3, -0.25) is 9.36 Å². The molecule has 224 valence electrons. The zero-order chi connectivity index (χ0) is 30.1. The molecule has 13 nitrogen and oxygen atoms in total. The largest absolute Gasteiger partial charge is 0.462 e. The van der Waals surface area contributed by atoms with Crippen LogP contribution in [0, 0.1) is 0 Å². The summed E-state index contributed by atoms with van der Waals surface area (Å²) in [4.78, 5) is 27.0. The molecule has 4 N–H and O–H groups in total. The molecule has 0 saturated carbocycles. The Kier molecular flexibility index (Phi) is 9.16. The third-order valence-corrected chi connectivity index (χ3v) is 8.75. The molecule has 1 aliphatic rings. The monoisotopic (exact) mass is 611 g/mol. The first-order chi connectivity index (χ1) is 19.2. The van der Waals surface area contributed by atoms with E-state index in [0.29, 0.717) is 17.1 Å². The number of carbonyl (C=O) groups excluding carboxylic acids is 1. The lowest BCUT2D eigenvalue weighted by molar-refractivity contribution is -0.149. The van der Waals surface area contributed by atoms with Crippen molar-refractivity contribution in [3.8, 4) is 5.75 Å². The molecule has 0 spiro atoms. The van der Waals surface area contributed by atoms with Gasteiger partial charge in [-0.15, -0.1) is 0 Å². The number of hydrogen-bond donors (Lipinski definition) is 3. The summed E-state index contributed by atoms with van der Waals surface area (Å²) in [6, 6.07) is 7.78. The molecule has 1 fully saturated rings. The molecule has 0 aliphatic carbocycles. The van der Waals surface area contributed by atoms with Crippen LogP contribution in [0.2, 0.25) is 0 Å². The van der Waals surface area contributed by atoms with Crippen LogP contribution in [0.5, 0.6) is 5.75 Å². The lowest BCUT2D eigenvalue weighted by Gasteiger charge is -2.28. The van der Waals surface area contributed by atoms with Gasteiger partial charge in [-0.05, 0) is 51.6 Å². The Morgan fingerprint density at radius 3 is 2.63 bits per heavy atom. The summed E-state index contributed by atoms with van der Waals surface area (Å²) < 4.78 is 40.7. The molecule has 3 heterocycles. The highest BCUT2D eigenvalue weighted by atomic mass is 32.5. The minimum absolute atomic E-state index is 0.0307. The van der Waals surface area contributed by atoms with E-state index in [0.717, 1.165) is 0 Å². The minimum Gasteiger partial charge on any atom is -0.462 e. The van der Waals surface area contributed by atoms with Gasteiger partial charge in [-0.25, -0.2) is 14.5 Å². The number of nitrogens with two attached hydrogens (primary N) is 1. The molecule has 4 rings (SSSR count). The number of aliphatic hydroxyl groups excluding tert-OH is 1. The topological polar surface area (TPSA) is 159 Å². The van der Waals surface area contributed by atoms with E-state index in [-0.39, 0.29) is 24.3 Å². The molecule has 0 amide bonds. The normalized spacial score (nSPS) is 24.8. The van der Waals surface area contributed by atoms with E-state index in [1.165, 1.54) is 17.8 Å². The number of imidazole rings is 1. The number of hydrogen-bond acceptors (Lipinski definition) is 12. The van der Waals surface area contributed by atoms with Crippen molar-refractivity contribution >= 4 is 47.3 Å². The predicted octanol–water partition coefficient (Wildman–Crippen LogP) is 2.71. The number of anilines is 2. The van der Waals surface area contributed by atoms with E-state index >= 15 is 4.39 Å². The number of para-hydroxylation sites is 1. The number of halogens is 1. The third-order valence-electron chi connectivity index (χ3n) is 6.25. The second kappa shape index (κ2) is 12.1. The molecule has 41 heavy (non-hydrogen) atoms. The van der Waals surface area contributed by atoms with Crippen LogP contribution in [0.15, 0.2) is 36.7 Å². The third kappa shape index (κ3) is 6.76. The van der Waals surface area contributed by atoms with Gasteiger partial charge in [-0.2, -0.15) is 9.97 Å². The number of nitrogens with zero attached hydrogens (tertiary/aromatic N) is 5. The number of nitrogens with one attached hydrogen (secondary N) is 1. The molecular formula is C25H35FN7O6PS. The molecule has 3 aromatic rings. The van der Waals surface area contributed by atoms with Crippen molar-refractivity contribution in [3.05, 3.63) is 36.7 Å². The standard InChI is InChI=1S/C25H35FN7O6PS/c1-14(2)37-22(35)15(3)31-40(41,39-16-10-8-7-9-11-16)36-12-17-19(34)25(4,26)23(38-17)33-13-28-18-20(32(5)6)29-24(27)30-21(18)33/h7-11,13-15,17,19,23,34H,12H2,1-6H3,(H,31,41)(H2,27,29,30)/t15-,17+,19+,23+,25+,40+/m0/s1. The number of aliphatic hydroxyl groups is 1. The summed E-state index contributed by atoms with van der Waals surface area (Å²) in [7, 11) is 3.53. The first-order valence-electron chi connectivity index (χ1n) is 12.9. The minimum atomic E-state index is -3.45. The van der Waals surface area contributed by atoms with Crippen LogP contribution in [-0.4, -0.2) is 81.3 Å². The first kappa shape index (κ1) is 31.0. The number of carbonyl (C=O) groups is 1. The summed E-state index contributed by atoms with van der Waals surface area (Å²) in [5.74, 6) is 0.262. The van der Waals surface area contributed by atoms with Crippen LogP contribution in [0.3, 0.4) is 0 Å². The molecular weight excluding hydrogens is 576 g/mol. The molecule has 1 aliphatic heterocycles. The quantitative estimate of drug-likeness (QED) is 0.215. The van der Waals surface area contributed by atoms with Crippen molar-refractivity contribution in [1.82, 2.24) is 24.6 Å². The van der Waals surface area contributed by atoms with Gasteiger partial charge >= 0.3 is 12.6 Å². The molecule has 16 heteroatoms. The maximum atomic E-state index is 16.1. The number of alkyl halides is 1. The van der Waals surface area contributed by atoms with Gasteiger partial charge in [-0.1, -0.05) is 18.2 Å². The van der Waals surface area contributed by atoms with Crippen LogP contribution in [0.25, 0.3) is 11.2 Å². The van der Waals surface area contributed by atoms with Gasteiger partial charge in [0.2, 0.25) is 5.95 Å². The Balaban J connectivity index is 1.57. The van der Waals surface area contributed by atoms with Crippen molar-refractivity contribution in [1.29, 1.82) is 0 Å². The molecule has 6 atom stereocenters. The highest BCUT2D eigenvalue weighted by Crippen LogP contribution is 2.48. The molecule has 0 bridgehead atoms. The Morgan fingerprint density at radius 2 is 2.00 bits per heavy atom. The number of nitrogen functional groups attached to an aromatic ring is 1. The van der Waals surface area contributed by atoms with E-state index in [4.69, 9.17) is 36.1 Å². The second-order valence-electron chi connectivity index (χ2n) is 10.3. The lowest BCUT2D eigenvalue weighted by Crippen LogP contribution is -2.41. The van der Waals surface area contributed by atoms with Crippen LogP contribution in [-0.2, 0) is 30.6 Å². The lowest BCUT2D eigenvalue weighted by atomic mass is 9.98. The number of fused-ring (bicyclic) bond motifs is 1. The number of rotatable bonds is 11. The van der Waals surface area contributed by atoms with Gasteiger partial charge in [0.05, 0.1) is 19.0 Å². The van der Waals surface area contributed by atoms with Gasteiger partial charge in [0.1, 0.15) is 24.0 Å². The summed E-state index contributed by atoms with van der Waals surface area (Å²) in [5.41, 5.74) is 4.24. The second-order valence-corrected chi connectivity index (χ2v) is 13.4. The maximum absolute atomic E-state index is 16.1. The first-order valence-corrected chi connectivity index (χ1v) is 15.5. The predicted molar refractivity (Wildman–Crippen MR) is 155 cm³/mol. The van der Waals surface area contributed by atoms with Crippen molar-refractivity contribution in [2.75, 3.05) is 31.3 Å². The van der Waals surface area contributed by atoms with Gasteiger partial charge < -0.3 is 34.3 Å². The Labute approximate surface area is 242 Å². The van der Waals surface area contributed by atoms with Crippen molar-refractivity contribution in [3.63, 3.8) is 0 Å². The number of aromatic nitrogens is 4. The highest BCUT2D eigenvalue weighted by Gasteiger charge is 2.56. The van der Waals surface area contributed by atoms with E-state index in [9.17, 15) is 9.90 Å². The Morgan fingerprint density at radius 1 is 1.32 bits per heavy atom. The summed E-state index contributed by atoms with van der Waals surface area (Å²) in [6.45, 7) is 2.43. The van der Waals surface area contributed by atoms with E-state index in [1.807, 2.05) is 0 Å². The molecule has 2 aromatic heterocycles. The van der Waals surface area contributed by atoms with Crippen LogP contribution < -0.4 is 20.2 Å². The van der Waals surface area contributed by atoms with Crippen molar-refractivity contribution < 1.29 is 32.8 Å². The SMILES string of the molecule is CC(C)OC(=O)[C@H](C)N[P@@](=S)(OC[C@H]1O[C@@H](n2cnc3c(N(C)C)nc(N)nc32)[C@](C)(F)[C@@H]1O)Oc1ccccc1. The fourth-order valence-electron chi connectivity index (χ4n) is 4.26. The molecule has 0 radical (unpaired) electrons. The maximum Gasteiger partial charge on any atom is 0.323 e. The average Bonchev–Trinajstić information content (AvgIpc) is 3.40. The zero-order valence-corrected chi connectivity index (χ0v) is 25.3. The molecule has 1 saturated heterocycles. The van der Waals surface area contributed by atoms with Crippen LogP contribution >= 0.6 is 6.64 Å². The van der Waals surface area contributed by atoms with Crippen LogP contribution in [0.1, 0.15) is 33.9 Å².